The minimum Gasteiger partial charge on any atom is -0.292 e. The third kappa shape index (κ3) is 5.14. The summed E-state index contributed by atoms with van der Waals surface area (Å²) in [5.74, 6) is 0. The van der Waals surface area contributed by atoms with Gasteiger partial charge in [-0.15, -0.1) is 0 Å². The zero-order valence-corrected chi connectivity index (χ0v) is 11.6. The van der Waals surface area contributed by atoms with Crippen molar-refractivity contribution in [3.8, 4) is 0 Å². The molecule has 0 saturated carbocycles. The first-order valence-electron chi connectivity index (χ1n) is 6.30. The number of aliphatic imine (C=N–C) groups is 1. The fourth-order valence-electron chi connectivity index (χ4n) is 1.67. The molecule has 96 valence electrons. The van der Waals surface area contributed by atoms with Crippen molar-refractivity contribution in [2.24, 2.45) is 4.99 Å². The second-order valence-corrected chi connectivity index (χ2v) is 5.35. The lowest BCUT2D eigenvalue weighted by atomic mass is 10.2. The number of allylic oxidation sites excluding steroid dienone is 1. The molecule has 2 heteroatoms. The molecule has 0 spiro atoms. The van der Waals surface area contributed by atoms with Crippen LogP contribution in [-0.2, 0) is 6.42 Å². The van der Waals surface area contributed by atoms with Gasteiger partial charge in [-0.2, -0.15) is 0 Å². The Hall–Kier alpha value is -1.80. The largest absolute Gasteiger partial charge is 0.292 e. The molecule has 0 N–H and O–H groups in total. The van der Waals surface area contributed by atoms with Gasteiger partial charge in [-0.05, 0) is 24.1 Å². The monoisotopic (exact) mass is 267 g/mol. The van der Waals surface area contributed by atoms with Gasteiger partial charge in [0.05, 0.1) is 0 Å². The molecule has 0 unspecified atom stereocenters. The zero-order valence-electron chi connectivity index (χ0n) is 10.8. The quantitative estimate of drug-likeness (QED) is 0.550. The fraction of sp³-hybridized carbons (Fsp3) is 0.118. The topological polar surface area (TPSA) is 12.4 Å². The van der Waals surface area contributed by atoms with Crippen LogP contribution in [-0.4, -0.2) is 12.8 Å². The summed E-state index contributed by atoms with van der Waals surface area (Å²) in [6, 6.07) is 20.6. The van der Waals surface area contributed by atoms with Gasteiger partial charge in [-0.25, -0.2) is 0 Å². The SMILES string of the molecule is C=C(C=NCCc1ccccc1)Sc1ccccc1. The number of benzene rings is 2. The van der Waals surface area contributed by atoms with Crippen LogP contribution >= 0.6 is 11.8 Å². The maximum Gasteiger partial charge on any atom is 0.0430 e. The van der Waals surface area contributed by atoms with Crippen molar-refractivity contribution < 1.29 is 0 Å². The van der Waals surface area contributed by atoms with Gasteiger partial charge in [0.1, 0.15) is 0 Å². The van der Waals surface area contributed by atoms with Crippen molar-refractivity contribution in [1.29, 1.82) is 0 Å². The van der Waals surface area contributed by atoms with E-state index >= 15 is 0 Å². The van der Waals surface area contributed by atoms with Crippen molar-refractivity contribution >= 4 is 18.0 Å². The molecule has 0 radical (unpaired) electrons. The molecule has 19 heavy (non-hydrogen) atoms. The smallest absolute Gasteiger partial charge is 0.0430 e. The van der Waals surface area contributed by atoms with Crippen LogP contribution in [0.1, 0.15) is 5.56 Å². The van der Waals surface area contributed by atoms with Gasteiger partial charge in [0, 0.05) is 22.6 Å². The van der Waals surface area contributed by atoms with Crippen LogP contribution < -0.4 is 0 Å². The van der Waals surface area contributed by atoms with E-state index in [1.807, 2.05) is 30.5 Å². The molecular formula is C17H17NS. The summed E-state index contributed by atoms with van der Waals surface area (Å²) in [5.41, 5.74) is 1.32. The lowest BCUT2D eigenvalue weighted by Gasteiger charge is -2.00. The number of thioether (sulfide) groups is 1. The molecule has 0 bridgehead atoms. The average Bonchev–Trinajstić information content (AvgIpc) is 2.46. The molecule has 2 rings (SSSR count). The van der Waals surface area contributed by atoms with E-state index in [2.05, 4.69) is 48.0 Å². The summed E-state index contributed by atoms with van der Waals surface area (Å²) in [6.45, 7) is 4.81. The molecule has 0 aromatic heterocycles. The molecule has 0 aliphatic carbocycles. The van der Waals surface area contributed by atoms with E-state index in [1.165, 1.54) is 10.5 Å². The molecule has 0 aliphatic heterocycles. The molecule has 0 saturated heterocycles. The first kappa shape index (κ1) is 13.6. The Kier molecular flexibility index (Phi) is 5.45. The van der Waals surface area contributed by atoms with Crippen LogP contribution in [0.25, 0.3) is 0 Å². The van der Waals surface area contributed by atoms with Gasteiger partial charge in [0.2, 0.25) is 0 Å². The lowest BCUT2D eigenvalue weighted by Crippen LogP contribution is -1.89. The standard InChI is InChI=1S/C17H17NS/c1-15(19-17-10-6-3-7-11-17)14-18-13-12-16-8-4-2-5-9-16/h2-11,14H,1,12-13H2. The van der Waals surface area contributed by atoms with Gasteiger partial charge in [0.15, 0.2) is 0 Å². The minimum atomic E-state index is 0.804. The van der Waals surface area contributed by atoms with Gasteiger partial charge in [-0.3, -0.25) is 4.99 Å². The summed E-state index contributed by atoms with van der Waals surface area (Å²) >= 11 is 1.65. The lowest BCUT2D eigenvalue weighted by molar-refractivity contribution is 0.974. The van der Waals surface area contributed by atoms with Gasteiger partial charge in [0.25, 0.3) is 0 Å². The summed E-state index contributed by atoms with van der Waals surface area (Å²) in [4.78, 5) is 6.59. The summed E-state index contributed by atoms with van der Waals surface area (Å²) in [5, 5.41) is 0. The first-order chi connectivity index (χ1) is 9.34. The third-order valence-corrected chi connectivity index (χ3v) is 3.48. The summed E-state index contributed by atoms with van der Waals surface area (Å²) in [6.07, 6.45) is 2.83. The average molecular weight is 267 g/mol. The van der Waals surface area contributed by atoms with Crippen LogP contribution in [0.15, 0.2) is 82.0 Å². The molecule has 1 nitrogen and oxygen atoms in total. The van der Waals surface area contributed by atoms with E-state index in [0.717, 1.165) is 17.9 Å². The molecule has 2 aromatic carbocycles. The maximum atomic E-state index is 4.42. The van der Waals surface area contributed by atoms with Gasteiger partial charge < -0.3 is 0 Å². The fourth-order valence-corrected chi connectivity index (χ4v) is 2.39. The van der Waals surface area contributed by atoms with E-state index in [4.69, 9.17) is 0 Å². The van der Waals surface area contributed by atoms with E-state index in [-0.39, 0.29) is 0 Å². The van der Waals surface area contributed by atoms with Crippen molar-refractivity contribution in [2.75, 3.05) is 6.54 Å². The van der Waals surface area contributed by atoms with Crippen molar-refractivity contribution in [3.05, 3.63) is 77.7 Å². The van der Waals surface area contributed by atoms with Crippen LogP contribution in [0, 0.1) is 0 Å². The number of hydrogen-bond donors (Lipinski definition) is 0. The Labute approximate surface area is 119 Å². The van der Waals surface area contributed by atoms with E-state index < -0.39 is 0 Å². The summed E-state index contributed by atoms with van der Waals surface area (Å²) in [7, 11) is 0. The molecule has 2 aromatic rings. The molecule has 0 heterocycles. The third-order valence-electron chi connectivity index (χ3n) is 2.60. The van der Waals surface area contributed by atoms with Gasteiger partial charge in [-0.1, -0.05) is 66.9 Å². The molecule has 0 atom stereocenters. The Morgan fingerprint density at radius 2 is 1.63 bits per heavy atom. The highest BCUT2D eigenvalue weighted by Crippen LogP contribution is 2.23. The van der Waals surface area contributed by atoms with Crippen molar-refractivity contribution in [2.45, 2.75) is 11.3 Å². The predicted molar refractivity (Wildman–Crippen MR) is 84.9 cm³/mol. The molecular weight excluding hydrogens is 250 g/mol. The Bertz CT molecular complexity index is 532. The highest BCUT2D eigenvalue weighted by atomic mass is 32.2. The highest BCUT2D eigenvalue weighted by Gasteiger charge is 1.94. The molecule has 0 fully saturated rings. The second-order valence-electron chi connectivity index (χ2n) is 4.15. The molecule has 0 aliphatic rings. The van der Waals surface area contributed by atoms with Crippen molar-refractivity contribution in [3.63, 3.8) is 0 Å². The van der Waals surface area contributed by atoms with E-state index in [0.29, 0.717) is 0 Å². The Morgan fingerprint density at radius 1 is 1.00 bits per heavy atom. The highest BCUT2D eigenvalue weighted by molar-refractivity contribution is 8.03. The van der Waals surface area contributed by atoms with E-state index in [1.54, 1.807) is 11.8 Å². The van der Waals surface area contributed by atoms with Crippen LogP contribution in [0.2, 0.25) is 0 Å². The van der Waals surface area contributed by atoms with E-state index in [9.17, 15) is 0 Å². The Balaban J connectivity index is 1.75. The summed E-state index contributed by atoms with van der Waals surface area (Å²) < 4.78 is 0. The van der Waals surface area contributed by atoms with Crippen LogP contribution in [0.4, 0.5) is 0 Å². The molecule has 0 amide bonds. The zero-order chi connectivity index (χ0) is 13.3. The normalized spacial score (nSPS) is 10.7. The second kappa shape index (κ2) is 7.59. The van der Waals surface area contributed by atoms with Crippen LogP contribution in [0.5, 0.6) is 0 Å². The number of nitrogens with zero attached hydrogens (tertiary/aromatic N) is 1. The Morgan fingerprint density at radius 3 is 2.32 bits per heavy atom. The predicted octanol–water partition coefficient (Wildman–Crippen LogP) is 4.61. The first-order valence-corrected chi connectivity index (χ1v) is 7.12. The number of rotatable bonds is 6. The van der Waals surface area contributed by atoms with Crippen molar-refractivity contribution in [1.82, 2.24) is 0 Å². The van der Waals surface area contributed by atoms with Crippen LogP contribution in [0.3, 0.4) is 0 Å². The maximum absolute atomic E-state index is 4.42. The minimum absolute atomic E-state index is 0.804. The van der Waals surface area contributed by atoms with Gasteiger partial charge >= 0.3 is 0 Å². The number of hydrogen-bond acceptors (Lipinski definition) is 2.